The minimum atomic E-state index is 1.16. The third-order valence-corrected chi connectivity index (χ3v) is 9.73. The molecule has 10 rings (SSSR count). The minimum absolute atomic E-state index is 1.16. The van der Waals surface area contributed by atoms with E-state index < -0.39 is 0 Å². The van der Waals surface area contributed by atoms with Gasteiger partial charge in [0, 0.05) is 21.8 Å². The van der Waals surface area contributed by atoms with Crippen LogP contribution in [0.2, 0.25) is 0 Å². The van der Waals surface area contributed by atoms with Gasteiger partial charge in [-0.2, -0.15) is 0 Å². The van der Waals surface area contributed by atoms with Gasteiger partial charge in [0.2, 0.25) is 0 Å². The van der Waals surface area contributed by atoms with Gasteiger partial charge in [0.15, 0.2) is 0 Å². The quantitative estimate of drug-likeness (QED) is 0.218. The van der Waals surface area contributed by atoms with Crippen molar-refractivity contribution in [1.29, 1.82) is 0 Å². The molecule has 1 heteroatoms. The maximum Gasteiger partial charge on any atom is 0.0465 e. The number of allylic oxidation sites excluding steroid dienone is 2. The number of rotatable bonds is 3. The van der Waals surface area contributed by atoms with Crippen LogP contribution in [0.15, 0.2) is 158 Å². The van der Waals surface area contributed by atoms with Gasteiger partial charge in [-0.05, 0) is 102 Å². The molecule has 0 unspecified atom stereocenters. The fourth-order valence-electron chi connectivity index (χ4n) is 7.78. The highest BCUT2D eigenvalue weighted by Crippen LogP contribution is 2.59. The van der Waals surface area contributed by atoms with Crippen LogP contribution in [-0.4, -0.2) is 4.98 Å². The molecule has 0 spiro atoms. The molecule has 7 aromatic carbocycles. The summed E-state index contributed by atoms with van der Waals surface area (Å²) in [6.45, 7) is 0. The predicted octanol–water partition coefficient (Wildman–Crippen LogP) is 11.4. The third-order valence-electron chi connectivity index (χ3n) is 9.73. The number of aromatic amines is 1. The number of H-pyrrole nitrogens is 1. The van der Waals surface area contributed by atoms with E-state index in [0.717, 1.165) is 11.0 Å². The fourth-order valence-corrected chi connectivity index (χ4v) is 7.78. The van der Waals surface area contributed by atoms with E-state index in [1.165, 1.54) is 88.3 Å². The summed E-state index contributed by atoms with van der Waals surface area (Å²) in [5, 5.41) is 5.07. The van der Waals surface area contributed by atoms with Crippen LogP contribution < -0.4 is 0 Å². The van der Waals surface area contributed by atoms with E-state index in [-0.39, 0.29) is 0 Å². The monoisotopic (exact) mass is 569 g/mol. The summed E-state index contributed by atoms with van der Waals surface area (Å²) in [4.78, 5) is 3.68. The number of hydrogen-bond donors (Lipinski definition) is 1. The molecule has 0 aliphatic heterocycles. The van der Waals surface area contributed by atoms with Crippen LogP contribution in [0.5, 0.6) is 0 Å². The van der Waals surface area contributed by atoms with Gasteiger partial charge >= 0.3 is 0 Å². The lowest BCUT2D eigenvalue weighted by atomic mass is 9.90. The Labute approximate surface area is 261 Å². The Balaban J connectivity index is 1.27. The lowest BCUT2D eigenvalue weighted by Gasteiger charge is -2.13. The first kappa shape index (κ1) is 24.5. The molecular weight excluding hydrogens is 542 g/mol. The van der Waals surface area contributed by atoms with E-state index in [2.05, 4.69) is 163 Å². The van der Waals surface area contributed by atoms with Crippen LogP contribution in [0.4, 0.5) is 0 Å². The Kier molecular flexibility index (Phi) is 5.06. The largest absolute Gasteiger partial charge is 0.355 e. The molecule has 2 aliphatic carbocycles. The highest BCUT2D eigenvalue weighted by molar-refractivity contribution is 6.36. The molecule has 1 heterocycles. The second-order valence-electron chi connectivity index (χ2n) is 12.1. The molecule has 1 aromatic heterocycles. The van der Waals surface area contributed by atoms with Crippen LogP contribution in [0.1, 0.15) is 33.4 Å². The summed E-state index contributed by atoms with van der Waals surface area (Å²) >= 11 is 0. The molecule has 0 saturated heterocycles. The molecule has 45 heavy (non-hydrogen) atoms. The Morgan fingerprint density at radius 2 is 0.800 bits per heavy atom. The molecule has 0 saturated carbocycles. The summed E-state index contributed by atoms with van der Waals surface area (Å²) in [5.74, 6) is 0. The van der Waals surface area contributed by atoms with Crippen LogP contribution >= 0.6 is 0 Å². The van der Waals surface area contributed by atoms with Crippen molar-refractivity contribution in [3.05, 3.63) is 191 Å². The van der Waals surface area contributed by atoms with Gasteiger partial charge in [0.1, 0.15) is 0 Å². The van der Waals surface area contributed by atoms with E-state index >= 15 is 0 Å². The van der Waals surface area contributed by atoms with Crippen molar-refractivity contribution in [2.24, 2.45) is 0 Å². The van der Waals surface area contributed by atoms with Gasteiger partial charge in [0.25, 0.3) is 0 Å². The SMILES string of the molecule is c1ccc(-c2ccc3[nH]c4ccc(C5=C6C(=C(c7cccc8ccccc78)c7ccccc76)c6ccccc65)cc4c3c2)cc1. The van der Waals surface area contributed by atoms with Crippen LogP contribution in [0, 0.1) is 0 Å². The fraction of sp³-hybridized carbons (Fsp3) is 0. The van der Waals surface area contributed by atoms with Crippen molar-refractivity contribution in [2.45, 2.75) is 0 Å². The number of fused-ring (bicyclic) bond motifs is 9. The predicted molar refractivity (Wildman–Crippen MR) is 190 cm³/mol. The van der Waals surface area contributed by atoms with Crippen molar-refractivity contribution in [3.63, 3.8) is 0 Å². The van der Waals surface area contributed by atoms with Gasteiger partial charge in [-0.25, -0.2) is 0 Å². The Bertz CT molecular complexity index is 2570. The summed E-state index contributed by atoms with van der Waals surface area (Å²) in [6, 6.07) is 57.8. The molecule has 0 fully saturated rings. The molecule has 0 amide bonds. The number of benzene rings is 7. The molecule has 1 N–H and O–H groups in total. The lowest BCUT2D eigenvalue weighted by molar-refractivity contribution is 1.52. The summed E-state index contributed by atoms with van der Waals surface area (Å²) in [6.07, 6.45) is 0. The molecule has 0 atom stereocenters. The van der Waals surface area contributed by atoms with Gasteiger partial charge in [-0.15, -0.1) is 0 Å². The van der Waals surface area contributed by atoms with E-state index in [9.17, 15) is 0 Å². The topological polar surface area (TPSA) is 15.8 Å². The van der Waals surface area contributed by atoms with Crippen molar-refractivity contribution in [2.75, 3.05) is 0 Å². The van der Waals surface area contributed by atoms with Gasteiger partial charge < -0.3 is 4.98 Å². The van der Waals surface area contributed by atoms with E-state index in [1.807, 2.05) is 0 Å². The first-order chi connectivity index (χ1) is 22.3. The maximum absolute atomic E-state index is 3.68. The summed E-state index contributed by atoms with van der Waals surface area (Å²) < 4.78 is 0. The molecule has 0 bridgehead atoms. The van der Waals surface area contributed by atoms with Crippen molar-refractivity contribution in [1.82, 2.24) is 4.98 Å². The zero-order valence-electron chi connectivity index (χ0n) is 24.5. The molecule has 8 aromatic rings. The average Bonchev–Trinajstić information content (AvgIpc) is 3.75. The highest BCUT2D eigenvalue weighted by atomic mass is 14.7. The number of aromatic nitrogens is 1. The Morgan fingerprint density at radius 1 is 0.289 bits per heavy atom. The lowest BCUT2D eigenvalue weighted by Crippen LogP contribution is -1.93. The standard InChI is InChI=1S/C44H27N/c1-2-11-27(12-3-1)29-21-23-39-37(25-29)38-26-30(22-24-40(38)45-39)41-33-16-6-8-18-35(33)44-42(34-17-7-9-19-36(34)43(41)44)32-20-10-14-28-13-4-5-15-31(28)32/h1-26,45H. The van der Waals surface area contributed by atoms with Gasteiger partial charge in [-0.3, -0.25) is 0 Å². The van der Waals surface area contributed by atoms with Gasteiger partial charge in [0.05, 0.1) is 0 Å². The molecule has 0 radical (unpaired) electrons. The maximum atomic E-state index is 3.68. The van der Waals surface area contributed by atoms with E-state index in [1.54, 1.807) is 0 Å². The molecular formula is C44H27N. The normalized spacial score (nSPS) is 13.6. The van der Waals surface area contributed by atoms with Crippen LogP contribution in [0.25, 0.3) is 66.0 Å². The van der Waals surface area contributed by atoms with Gasteiger partial charge in [-0.1, -0.05) is 133 Å². The zero-order valence-corrected chi connectivity index (χ0v) is 24.5. The number of nitrogens with one attached hydrogen (secondary N) is 1. The Morgan fingerprint density at radius 3 is 1.53 bits per heavy atom. The van der Waals surface area contributed by atoms with Crippen molar-refractivity contribution in [3.8, 4) is 11.1 Å². The van der Waals surface area contributed by atoms with E-state index in [4.69, 9.17) is 0 Å². The summed E-state index contributed by atoms with van der Waals surface area (Å²) in [7, 11) is 0. The minimum Gasteiger partial charge on any atom is -0.355 e. The molecule has 208 valence electrons. The van der Waals surface area contributed by atoms with Crippen LogP contribution in [0.3, 0.4) is 0 Å². The molecule has 1 nitrogen and oxygen atoms in total. The number of hydrogen-bond acceptors (Lipinski definition) is 0. The first-order valence-corrected chi connectivity index (χ1v) is 15.6. The van der Waals surface area contributed by atoms with E-state index in [0.29, 0.717) is 0 Å². The smallest absolute Gasteiger partial charge is 0.0465 e. The second-order valence-corrected chi connectivity index (χ2v) is 12.1. The van der Waals surface area contributed by atoms with Crippen molar-refractivity contribution >= 4 is 54.9 Å². The average molecular weight is 570 g/mol. The summed E-state index contributed by atoms with van der Waals surface area (Å²) in [5.41, 5.74) is 17.9. The molecule has 2 aliphatic rings. The third kappa shape index (κ3) is 3.50. The van der Waals surface area contributed by atoms with Crippen LogP contribution in [-0.2, 0) is 0 Å². The Hall–Kier alpha value is -5.92. The highest BCUT2D eigenvalue weighted by Gasteiger charge is 2.37. The van der Waals surface area contributed by atoms with Crippen molar-refractivity contribution < 1.29 is 0 Å². The first-order valence-electron chi connectivity index (χ1n) is 15.6. The second kappa shape index (κ2) is 9.29. The zero-order chi connectivity index (χ0) is 29.5.